The number of rotatable bonds is 0. The molecule has 76 valence electrons. The summed E-state index contributed by atoms with van der Waals surface area (Å²) in [6.45, 7) is 0.758. The molecule has 0 bridgehead atoms. The zero-order chi connectivity index (χ0) is 10.3. The number of aromatic nitrogens is 1. The van der Waals surface area contributed by atoms with Crippen LogP contribution in [0.25, 0.3) is 0 Å². The van der Waals surface area contributed by atoms with Crippen LogP contribution in [0, 0.1) is 17.2 Å². The highest BCUT2D eigenvalue weighted by molar-refractivity contribution is 5.35. The van der Waals surface area contributed by atoms with Gasteiger partial charge in [0, 0.05) is 12.3 Å². The lowest BCUT2D eigenvalue weighted by Crippen LogP contribution is -2.30. The summed E-state index contributed by atoms with van der Waals surface area (Å²) in [4.78, 5) is 4.25. The number of nitrogens with zero attached hydrogens (tertiary/aromatic N) is 2. The molecular weight excluding hydrogens is 192 g/mol. The predicted octanol–water partition coefficient (Wildman–Crippen LogP) is 1.25. The van der Waals surface area contributed by atoms with Gasteiger partial charge in [0.05, 0.1) is 12.3 Å². The van der Waals surface area contributed by atoms with Gasteiger partial charge in [-0.3, -0.25) is 0 Å². The molecule has 0 N–H and O–H groups in total. The first kappa shape index (κ1) is 8.69. The Kier molecular flexibility index (Phi) is 1.86. The Labute approximate surface area is 87.4 Å². The van der Waals surface area contributed by atoms with Crippen molar-refractivity contribution in [2.75, 3.05) is 6.61 Å². The summed E-state index contributed by atoms with van der Waals surface area (Å²) in [6.07, 6.45) is 1.77. The molecular formula is C11H10N2O2. The lowest BCUT2D eigenvalue weighted by atomic mass is 9.98. The summed E-state index contributed by atoms with van der Waals surface area (Å²) in [5.74, 6) is 1.16. The van der Waals surface area contributed by atoms with Gasteiger partial charge in [0.25, 0.3) is 0 Å². The molecule has 2 aliphatic rings. The van der Waals surface area contributed by atoms with Crippen LogP contribution in [0.5, 0.6) is 5.75 Å². The van der Waals surface area contributed by atoms with Crippen molar-refractivity contribution in [1.82, 2.24) is 4.98 Å². The van der Waals surface area contributed by atoms with E-state index < -0.39 is 0 Å². The van der Waals surface area contributed by atoms with Crippen molar-refractivity contribution < 1.29 is 9.47 Å². The van der Waals surface area contributed by atoms with Crippen LogP contribution in [0.15, 0.2) is 12.1 Å². The van der Waals surface area contributed by atoms with E-state index in [0.29, 0.717) is 11.6 Å². The van der Waals surface area contributed by atoms with Gasteiger partial charge in [-0.25, -0.2) is 4.98 Å². The van der Waals surface area contributed by atoms with Crippen molar-refractivity contribution in [1.29, 1.82) is 5.26 Å². The molecule has 1 saturated heterocycles. The first-order valence-corrected chi connectivity index (χ1v) is 5.05. The molecule has 2 unspecified atom stereocenters. The molecule has 15 heavy (non-hydrogen) atoms. The van der Waals surface area contributed by atoms with E-state index in [4.69, 9.17) is 14.7 Å². The van der Waals surface area contributed by atoms with Crippen molar-refractivity contribution in [3.05, 3.63) is 23.5 Å². The van der Waals surface area contributed by atoms with Crippen LogP contribution in [-0.4, -0.2) is 17.9 Å². The molecule has 1 aromatic rings. The van der Waals surface area contributed by atoms with Gasteiger partial charge in [-0.15, -0.1) is 0 Å². The van der Waals surface area contributed by atoms with E-state index in [0.717, 1.165) is 30.9 Å². The van der Waals surface area contributed by atoms with Crippen molar-refractivity contribution >= 4 is 0 Å². The van der Waals surface area contributed by atoms with Crippen LogP contribution in [-0.2, 0) is 11.2 Å². The van der Waals surface area contributed by atoms with Crippen molar-refractivity contribution in [2.24, 2.45) is 5.92 Å². The Morgan fingerprint density at radius 3 is 3.27 bits per heavy atom. The van der Waals surface area contributed by atoms with Gasteiger partial charge < -0.3 is 9.47 Å². The second kappa shape index (κ2) is 3.21. The third-order valence-electron chi connectivity index (χ3n) is 2.90. The fourth-order valence-electron chi connectivity index (χ4n) is 2.11. The average molecular weight is 202 g/mol. The lowest BCUT2D eigenvalue weighted by molar-refractivity contribution is -0.0705. The molecule has 0 spiro atoms. The normalized spacial score (nSPS) is 27.4. The minimum atomic E-state index is -0.104. The van der Waals surface area contributed by atoms with Gasteiger partial charge in [0.2, 0.25) is 6.29 Å². The summed E-state index contributed by atoms with van der Waals surface area (Å²) < 4.78 is 11.1. The van der Waals surface area contributed by atoms with Gasteiger partial charge in [0.15, 0.2) is 0 Å². The van der Waals surface area contributed by atoms with Crippen molar-refractivity contribution in [3.8, 4) is 11.8 Å². The number of fused-ring (bicyclic) bond motifs is 2. The van der Waals surface area contributed by atoms with E-state index in [2.05, 4.69) is 4.98 Å². The summed E-state index contributed by atoms with van der Waals surface area (Å²) in [7, 11) is 0. The minimum absolute atomic E-state index is 0.104. The molecule has 2 atom stereocenters. The zero-order valence-corrected chi connectivity index (χ0v) is 8.14. The average Bonchev–Trinajstić information content (AvgIpc) is 2.72. The molecule has 0 radical (unpaired) electrons. The standard InChI is InChI=1S/C11H10N2O2/c12-6-8-1-2-10-9(13-8)5-7-3-4-14-11(7)15-10/h1-2,7,11H,3-5H2. The number of pyridine rings is 1. The number of hydrogen-bond donors (Lipinski definition) is 0. The third kappa shape index (κ3) is 1.36. The van der Waals surface area contributed by atoms with E-state index in [9.17, 15) is 0 Å². The molecule has 1 fully saturated rings. The summed E-state index contributed by atoms with van der Waals surface area (Å²) >= 11 is 0. The molecule has 0 aromatic carbocycles. The first-order chi connectivity index (χ1) is 7.36. The van der Waals surface area contributed by atoms with Gasteiger partial charge in [0.1, 0.15) is 17.5 Å². The van der Waals surface area contributed by atoms with E-state index >= 15 is 0 Å². The summed E-state index contributed by atoms with van der Waals surface area (Å²) in [5, 5.41) is 8.75. The van der Waals surface area contributed by atoms with Gasteiger partial charge in [-0.05, 0) is 18.6 Å². The number of hydrogen-bond acceptors (Lipinski definition) is 4. The van der Waals surface area contributed by atoms with Crippen LogP contribution in [0.1, 0.15) is 17.8 Å². The molecule has 0 aliphatic carbocycles. The van der Waals surface area contributed by atoms with Crippen LogP contribution in [0.2, 0.25) is 0 Å². The Hall–Kier alpha value is -1.60. The maximum absolute atomic E-state index is 8.75. The molecule has 3 rings (SSSR count). The Morgan fingerprint density at radius 1 is 1.47 bits per heavy atom. The van der Waals surface area contributed by atoms with E-state index in [-0.39, 0.29) is 6.29 Å². The molecule has 3 heterocycles. The van der Waals surface area contributed by atoms with Gasteiger partial charge in [-0.1, -0.05) is 0 Å². The minimum Gasteiger partial charge on any atom is -0.463 e. The Balaban J connectivity index is 1.97. The predicted molar refractivity (Wildman–Crippen MR) is 51.1 cm³/mol. The zero-order valence-electron chi connectivity index (χ0n) is 8.14. The smallest absolute Gasteiger partial charge is 0.203 e. The van der Waals surface area contributed by atoms with E-state index in [1.54, 1.807) is 12.1 Å². The maximum atomic E-state index is 8.75. The number of ether oxygens (including phenoxy) is 2. The second-order valence-corrected chi connectivity index (χ2v) is 3.86. The fourth-order valence-corrected chi connectivity index (χ4v) is 2.11. The summed E-state index contributed by atoms with van der Waals surface area (Å²) in [6, 6.07) is 5.52. The fraction of sp³-hybridized carbons (Fsp3) is 0.455. The third-order valence-corrected chi connectivity index (χ3v) is 2.90. The van der Waals surface area contributed by atoms with Crippen LogP contribution < -0.4 is 4.74 Å². The summed E-state index contributed by atoms with van der Waals surface area (Å²) in [5.41, 5.74) is 1.34. The quantitative estimate of drug-likeness (QED) is 0.635. The highest BCUT2D eigenvalue weighted by atomic mass is 16.7. The van der Waals surface area contributed by atoms with Crippen LogP contribution >= 0.6 is 0 Å². The largest absolute Gasteiger partial charge is 0.463 e. The number of nitriles is 1. The van der Waals surface area contributed by atoms with Crippen molar-refractivity contribution in [3.63, 3.8) is 0 Å². The first-order valence-electron chi connectivity index (χ1n) is 5.05. The topological polar surface area (TPSA) is 55.1 Å². The maximum Gasteiger partial charge on any atom is 0.203 e. The Morgan fingerprint density at radius 2 is 2.40 bits per heavy atom. The molecule has 2 aliphatic heterocycles. The molecule has 0 amide bonds. The second-order valence-electron chi connectivity index (χ2n) is 3.86. The SMILES string of the molecule is N#Cc1ccc2c(n1)CC1CCOC1O2. The highest BCUT2D eigenvalue weighted by Gasteiger charge is 2.35. The molecule has 0 saturated carbocycles. The van der Waals surface area contributed by atoms with Gasteiger partial charge in [-0.2, -0.15) is 5.26 Å². The monoisotopic (exact) mass is 202 g/mol. The molecule has 4 nitrogen and oxygen atoms in total. The Bertz CT molecular complexity index is 439. The molecule has 1 aromatic heterocycles. The van der Waals surface area contributed by atoms with Crippen molar-refractivity contribution in [2.45, 2.75) is 19.1 Å². The van der Waals surface area contributed by atoms with Gasteiger partial charge >= 0.3 is 0 Å². The van der Waals surface area contributed by atoms with E-state index in [1.807, 2.05) is 6.07 Å². The lowest BCUT2D eigenvalue weighted by Gasteiger charge is -2.26. The molecule has 4 heteroatoms. The van der Waals surface area contributed by atoms with Crippen LogP contribution in [0.3, 0.4) is 0 Å². The van der Waals surface area contributed by atoms with E-state index in [1.165, 1.54) is 0 Å². The van der Waals surface area contributed by atoms with Crippen LogP contribution in [0.4, 0.5) is 0 Å². The highest BCUT2D eigenvalue weighted by Crippen LogP contribution is 2.35.